The van der Waals surface area contributed by atoms with Gasteiger partial charge in [0.05, 0.1) is 32.3 Å². The first kappa shape index (κ1) is 19.2. The van der Waals surface area contributed by atoms with E-state index in [1.807, 2.05) is 0 Å². The molecule has 0 atom stereocenters. The fraction of sp³-hybridized carbons (Fsp3) is 0.640. The topological polar surface area (TPSA) is 46.7 Å². The highest BCUT2D eigenvalue weighted by Gasteiger charge is 2.42. The average Bonchev–Trinajstić information content (AvgIpc) is 3.38. The van der Waals surface area contributed by atoms with Crippen LogP contribution >= 0.6 is 0 Å². The minimum atomic E-state index is 0.148. The number of rotatable bonds is 5. The molecule has 1 aromatic heterocycles. The van der Waals surface area contributed by atoms with Crippen molar-refractivity contribution in [3.63, 3.8) is 0 Å². The van der Waals surface area contributed by atoms with Gasteiger partial charge in [-0.3, -0.25) is 4.79 Å². The second kappa shape index (κ2) is 8.14. The summed E-state index contributed by atoms with van der Waals surface area (Å²) in [5, 5.41) is 4.48. The summed E-state index contributed by atoms with van der Waals surface area (Å²) >= 11 is 0. The Morgan fingerprint density at radius 1 is 0.966 bits per heavy atom. The standard InChI is InChI=1S/C25H34N2O2/c28-24(16-21-17-29-23-15-20-9-7-8-19(20)14-22(21)23)26-18-25(10-3-1-4-11-25)27-12-5-2-6-13-27/h14-15,17H,1-13,16,18H2,(H,26,28)/p+1. The van der Waals surface area contributed by atoms with Crippen LogP contribution in [0, 0.1) is 0 Å². The summed E-state index contributed by atoms with van der Waals surface area (Å²) in [6.07, 6.45) is 16.4. The number of carbonyl (C=O) groups is 1. The third-order valence-corrected chi connectivity index (χ3v) is 7.86. The first-order valence-electron chi connectivity index (χ1n) is 11.9. The van der Waals surface area contributed by atoms with Crippen LogP contribution in [-0.2, 0) is 24.1 Å². The van der Waals surface area contributed by atoms with Crippen LogP contribution in [0.5, 0.6) is 0 Å². The molecule has 2 heterocycles. The second-order valence-electron chi connectivity index (χ2n) is 9.69. The molecule has 0 radical (unpaired) electrons. The van der Waals surface area contributed by atoms with Crippen molar-refractivity contribution >= 4 is 16.9 Å². The van der Waals surface area contributed by atoms with Gasteiger partial charge in [0.1, 0.15) is 11.1 Å². The maximum atomic E-state index is 12.9. The summed E-state index contributed by atoms with van der Waals surface area (Å²) in [6, 6.07) is 4.46. The van der Waals surface area contributed by atoms with Crippen LogP contribution in [0.2, 0.25) is 0 Å². The van der Waals surface area contributed by atoms with Crippen LogP contribution < -0.4 is 10.2 Å². The number of carbonyl (C=O) groups excluding carboxylic acids is 1. The van der Waals surface area contributed by atoms with Crippen molar-refractivity contribution in [2.24, 2.45) is 0 Å². The van der Waals surface area contributed by atoms with Crippen LogP contribution in [-0.4, -0.2) is 31.1 Å². The third kappa shape index (κ3) is 3.84. The van der Waals surface area contributed by atoms with Crippen molar-refractivity contribution in [3.05, 3.63) is 35.1 Å². The Bertz CT molecular complexity index is 872. The van der Waals surface area contributed by atoms with E-state index in [1.165, 1.54) is 82.0 Å². The van der Waals surface area contributed by atoms with Crippen LogP contribution in [0.1, 0.15) is 74.5 Å². The predicted octanol–water partition coefficient (Wildman–Crippen LogP) is 3.35. The molecule has 2 aliphatic carbocycles. The van der Waals surface area contributed by atoms with Crippen molar-refractivity contribution in [2.45, 2.75) is 82.6 Å². The molecule has 4 nitrogen and oxygen atoms in total. The molecule has 29 heavy (non-hydrogen) atoms. The van der Waals surface area contributed by atoms with E-state index in [0.717, 1.165) is 35.9 Å². The summed E-state index contributed by atoms with van der Waals surface area (Å²) in [6.45, 7) is 3.41. The van der Waals surface area contributed by atoms with Gasteiger partial charge in [-0.15, -0.1) is 0 Å². The third-order valence-electron chi connectivity index (χ3n) is 7.86. The number of benzene rings is 1. The number of hydrogen-bond acceptors (Lipinski definition) is 2. The first-order chi connectivity index (χ1) is 14.2. The lowest BCUT2D eigenvalue weighted by molar-refractivity contribution is -0.957. The average molecular weight is 396 g/mol. The summed E-state index contributed by atoms with van der Waals surface area (Å²) < 4.78 is 5.80. The number of furan rings is 1. The number of fused-ring (bicyclic) bond motifs is 2. The number of likely N-dealkylation sites (tertiary alicyclic amines) is 1. The van der Waals surface area contributed by atoms with E-state index in [1.54, 1.807) is 11.2 Å². The molecule has 2 fully saturated rings. The zero-order valence-electron chi connectivity index (χ0n) is 17.7. The Morgan fingerprint density at radius 3 is 2.48 bits per heavy atom. The Kier molecular flexibility index (Phi) is 5.38. The number of aryl methyl sites for hydroxylation is 2. The van der Waals surface area contributed by atoms with E-state index in [4.69, 9.17) is 4.42 Å². The SMILES string of the molecule is O=C(Cc1coc2cc3c(cc12)CCC3)NCC1([NH+]2CCCCC2)CCCCC1. The summed E-state index contributed by atoms with van der Waals surface area (Å²) in [5.41, 5.74) is 5.11. The Hall–Kier alpha value is -1.81. The number of quaternary nitrogens is 1. The molecule has 3 aliphatic rings. The van der Waals surface area contributed by atoms with E-state index >= 15 is 0 Å². The summed E-state index contributed by atoms with van der Waals surface area (Å²) in [4.78, 5) is 14.7. The molecule has 0 unspecified atom stereocenters. The molecule has 156 valence electrons. The molecule has 1 saturated carbocycles. The highest BCUT2D eigenvalue weighted by Crippen LogP contribution is 2.31. The Labute approximate surface area is 174 Å². The molecule has 0 spiro atoms. The fourth-order valence-corrected chi connectivity index (χ4v) is 6.18. The van der Waals surface area contributed by atoms with Crippen molar-refractivity contribution in [1.29, 1.82) is 0 Å². The van der Waals surface area contributed by atoms with Crippen molar-refractivity contribution in [1.82, 2.24) is 5.32 Å². The molecule has 5 rings (SSSR count). The van der Waals surface area contributed by atoms with Gasteiger partial charge in [-0.05, 0) is 74.6 Å². The van der Waals surface area contributed by atoms with E-state index in [-0.39, 0.29) is 11.4 Å². The van der Waals surface area contributed by atoms with E-state index in [0.29, 0.717) is 6.42 Å². The maximum absolute atomic E-state index is 12.9. The Balaban J connectivity index is 1.27. The fourth-order valence-electron chi connectivity index (χ4n) is 6.18. The largest absolute Gasteiger partial charge is 0.464 e. The molecular weight excluding hydrogens is 360 g/mol. The van der Waals surface area contributed by atoms with Gasteiger partial charge < -0.3 is 14.6 Å². The van der Waals surface area contributed by atoms with Gasteiger partial charge in [-0.2, -0.15) is 0 Å². The van der Waals surface area contributed by atoms with Gasteiger partial charge in [-0.1, -0.05) is 6.42 Å². The zero-order chi connectivity index (χ0) is 19.7. The monoisotopic (exact) mass is 395 g/mol. The highest BCUT2D eigenvalue weighted by molar-refractivity contribution is 5.88. The molecule has 1 amide bonds. The molecule has 2 N–H and O–H groups in total. The number of hydrogen-bond donors (Lipinski definition) is 2. The smallest absolute Gasteiger partial charge is 0.224 e. The van der Waals surface area contributed by atoms with Gasteiger partial charge in [0.15, 0.2) is 0 Å². The van der Waals surface area contributed by atoms with Crippen molar-refractivity contribution in [2.75, 3.05) is 19.6 Å². The maximum Gasteiger partial charge on any atom is 0.224 e. The minimum absolute atomic E-state index is 0.148. The molecular formula is C25H35N2O2+. The molecule has 0 bridgehead atoms. The molecule has 1 aliphatic heterocycles. The van der Waals surface area contributed by atoms with Crippen molar-refractivity contribution < 1.29 is 14.1 Å². The summed E-state index contributed by atoms with van der Waals surface area (Å²) in [7, 11) is 0. The van der Waals surface area contributed by atoms with Crippen LogP contribution in [0.4, 0.5) is 0 Å². The second-order valence-corrected chi connectivity index (χ2v) is 9.69. The molecule has 1 saturated heterocycles. The molecule has 2 aromatic rings. The quantitative estimate of drug-likeness (QED) is 0.816. The Morgan fingerprint density at radius 2 is 1.69 bits per heavy atom. The predicted molar refractivity (Wildman–Crippen MR) is 115 cm³/mol. The molecule has 4 heteroatoms. The lowest BCUT2D eigenvalue weighted by Crippen LogP contribution is -3.22. The van der Waals surface area contributed by atoms with Crippen molar-refractivity contribution in [3.8, 4) is 0 Å². The lowest BCUT2D eigenvalue weighted by Gasteiger charge is -2.45. The number of amides is 1. The van der Waals surface area contributed by atoms with E-state index in [9.17, 15) is 4.79 Å². The zero-order valence-corrected chi connectivity index (χ0v) is 17.7. The van der Waals surface area contributed by atoms with Gasteiger partial charge in [-0.25, -0.2) is 0 Å². The minimum Gasteiger partial charge on any atom is -0.464 e. The normalized spacial score (nSPS) is 21.9. The van der Waals surface area contributed by atoms with E-state index < -0.39 is 0 Å². The number of piperidine rings is 1. The molecule has 1 aromatic carbocycles. The van der Waals surface area contributed by atoms with Gasteiger partial charge >= 0.3 is 0 Å². The van der Waals surface area contributed by atoms with Crippen LogP contribution in [0.15, 0.2) is 22.8 Å². The van der Waals surface area contributed by atoms with Gasteiger partial charge in [0.25, 0.3) is 0 Å². The van der Waals surface area contributed by atoms with E-state index in [2.05, 4.69) is 17.4 Å². The number of nitrogens with one attached hydrogen (secondary N) is 2. The highest BCUT2D eigenvalue weighted by atomic mass is 16.3. The van der Waals surface area contributed by atoms with Crippen LogP contribution in [0.3, 0.4) is 0 Å². The van der Waals surface area contributed by atoms with Crippen LogP contribution in [0.25, 0.3) is 11.0 Å². The first-order valence-corrected chi connectivity index (χ1v) is 11.9. The lowest BCUT2D eigenvalue weighted by atomic mass is 9.79. The van der Waals surface area contributed by atoms with Gasteiger partial charge in [0, 0.05) is 23.8 Å². The van der Waals surface area contributed by atoms with Gasteiger partial charge in [0.2, 0.25) is 5.91 Å². The summed E-state index contributed by atoms with van der Waals surface area (Å²) in [5.74, 6) is 0.148.